The molecule has 0 aliphatic carbocycles. The Kier molecular flexibility index (Phi) is 5.23. The number of hydrogen-bond donors (Lipinski definition) is 0. The number of hydrogen-bond acceptors (Lipinski definition) is 3. The maximum Gasteiger partial charge on any atom is 0.142 e. The van der Waals surface area contributed by atoms with Crippen molar-refractivity contribution in [3.05, 3.63) is 43.9 Å². The van der Waals surface area contributed by atoms with E-state index in [1.807, 2.05) is 0 Å². The van der Waals surface area contributed by atoms with Gasteiger partial charge in [-0.15, -0.1) is 0 Å². The number of methoxy groups -OCH3 is 2. The maximum absolute atomic E-state index is 6.19. The second kappa shape index (κ2) is 6.74. The Balaban J connectivity index is 2.31. The molecule has 0 saturated heterocycles. The first-order valence-electron chi connectivity index (χ1n) is 5.60. The van der Waals surface area contributed by atoms with Crippen molar-refractivity contribution in [1.29, 1.82) is 0 Å². The standard InChI is InChI=1S/C14H11Cl2IO3/c1-18-10-4-3-8(7-9(10)15)20-12-6-5-11(19-2)13(16)14(12)17/h3-7H,1-2H3. The van der Waals surface area contributed by atoms with Crippen molar-refractivity contribution in [1.82, 2.24) is 0 Å². The van der Waals surface area contributed by atoms with E-state index in [1.165, 1.54) is 0 Å². The summed E-state index contributed by atoms with van der Waals surface area (Å²) in [4.78, 5) is 0. The second-order valence-electron chi connectivity index (χ2n) is 3.79. The first-order chi connectivity index (χ1) is 9.56. The fraction of sp³-hybridized carbons (Fsp3) is 0.143. The molecule has 0 aliphatic rings. The van der Waals surface area contributed by atoms with Crippen molar-refractivity contribution >= 4 is 45.8 Å². The molecule has 0 atom stereocenters. The van der Waals surface area contributed by atoms with Gasteiger partial charge in [0.1, 0.15) is 23.0 Å². The van der Waals surface area contributed by atoms with Crippen LogP contribution in [0.1, 0.15) is 0 Å². The molecule has 0 aromatic heterocycles. The van der Waals surface area contributed by atoms with Crippen LogP contribution >= 0.6 is 45.8 Å². The highest BCUT2D eigenvalue weighted by atomic mass is 127. The second-order valence-corrected chi connectivity index (χ2v) is 5.66. The van der Waals surface area contributed by atoms with Crippen LogP contribution < -0.4 is 14.2 Å². The van der Waals surface area contributed by atoms with E-state index in [0.29, 0.717) is 33.0 Å². The monoisotopic (exact) mass is 424 g/mol. The van der Waals surface area contributed by atoms with Crippen LogP contribution in [0.5, 0.6) is 23.0 Å². The van der Waals surface area contributed by atoms with Crippen LogP contribution in [0.4, 0.5) is 0 Å². The van der Waals surface area contributed by atoms with Crippen molar-refractivity contribution < 1.29 is 14.2 Å². The highest BCUT2D eigenvalue weighted by molar-refractivity contribution is 14.1. The Hall–Kier alpha value is -0.850. The molecule has 0 heterocycles. The molecule has 0 saturated carbocycles. The highest BCUT2D eigenvalue weighted by Gasteiger charge is 2.12. The summed E-state index contributed by atoms with van der Waals surface area (Å²) in [5, 5.41) is 1.00. The van der Waals surface area contributed by atoms with Crippen LogP contribution in [0.2, 0.25) is 10.0 Å². The van der Waals surface area contributed by atoms with Crippen LogP contribution in [-0.2, 0) is 0 Å². The number of halogens is 3. The molecule has 3 nitrogen and oxygen atoms in total. The summed E-state index contributed by atoms with van der Waals surface area (Å²) in [5.41, 5.74) is 0. The van der Waals surface area contributed by atoms with Gasteiger partial charge < -0.3 is 14.2 Å². The molecule has 6 heteroatoms. The minimum Gasteiger partial charge on any atom is -0.495 e. The first-order valence-corrected chi connectivity index (χ1v) is 7.43. The van der Waals surface area contributed by atoms with Crippen molar-refractivity contribution in [2.45, 2.75) is 0 Å². The lowest BCUT2D eigenvalue weighted by Crippen LogP contribution is -1.92. The van der Waals surface area contributed by atoms with E-state index < -0.39 is 0 Å². The summed E-state index contributed by atoms with van der Waals surface area (Å²) in [6.07, 6.45) is 0. The van der Waals surface area contributed by atoms with Gasteiger partial charge in [-0.2, -0.15) is 0 Å². The SMILES string of the molecule is COc1ccc(Oc2ccc(OC)c(Cl)c2I)cc1Cl. The number of benzene rings is 2. The number of rotatable bonds is 4. The molecule has 0 fully saturated rings. The van der Waals surface area contributed by atoms with Crippen LogP contribution in [-0.4, -0.2) is 14.2 Å². The minimum atomic E-state index is 0.486. The number of ether oxygens (including phenoxy) is 3. The highest BCUT2D eigenvalue weighted by Crippen LogP contribution is 2.38. The molecule has 2 aromatic carbocycles. The van der Waals surface area contributed by atoms with Gasteiger partial charge in [0.25, 0.3) is 0 Å². The summed E-state index contributed by atoms with van der Waals surface area (Å²) < 4.78 is 16.8. The predicted molar refractivity (Wildman–Crippen MR) is 88.8 cm³/mol. The lowest BCUT2D eigenvalue weighted by atomic mass is 10.3. The topological polar surface area (TPSA) is 27.7 Å². The molecule has 0 radical (unpaired) electrons. The Bertz CT molecular complexity index is 632. The lowest BCUT2D eigenvalue weighted by molar-refractivity contribution is 0.410. The zero-order valence-electron chi connectivity index (χ0n) is 10.7. The van der Waals surface area contributed by atoms with Gasteiger partial charge in [0, 0.05) is 6.07 Å². The average molecular weight is 425 g/mol. The van der Waals surface area contributed by atoms with E-state index in [4.69, 9.17) is 37.4 Å². The van der Waals surface area contributed by atoms with Gasteiger partial charge in [-0.3, -0.25) is 0 Å². The molecule has 20 heavy (non-hydrogen) atoms. The molecule has 0 unspecified atom stereocenters. The molecule has 2 rings (SSSR count). The van der Waals surface area contributed by atoms with E-state index in [-0.39, 0.29) is 0 Å². The van der Waals surface area contributed by atoms with Crippen LogP contribution in [0.15, 0.2) is 30.3 Å². The fourth-order valence-corrected chi connectivity index (χ4v) is 2.62. The Labute approximate surface area is 140 Å². The Morgan fingerprint density at radius 1 is 0.900 bits per heavy atom. The summed E-state index contributed by atoms with van der Waals surface area (Å²) >= 11 is 14.4. The Morgan fingerprint density at radius 3 is 2.10 bits per heavy atom. The normalized spacial score (nSPS) is 10.2. The molecule has 0 spiro atoms. The van der Waals surface area contributed by atoms with Crippen LogP contribution in [0, 0.1) is 3.57 Å². The van der Waals surface area contributed by atoms with E-state index in [1.54, 1.807) is 44.6 Å². The lowest BCUT2D eigenvalue weighted by Gasteiger charge is -2.12. The van der Waals surface area contributed by atoms with Crippen molar-refractivity contribution in [3.63, 3.8) is 0 Å². The molecule has 106 valence electrons. The van der Waals surface area contributed by atoms with Crippen molar-refractivity contribution in [3.8, 4) is 23.0 Å². The van der Waals surface area contributed by atoms with Gasteiger partial charge in [0.05, 0.1) is 27.8 Å². The van der Waals surface area contributed by atoms with Crippen molar-refractivity contribution in [2.75, 3.05) is 14.2 Å². The third-order valence-electron chi connectivity index (χ3n) is 2.58. The van der Waals surface area contributed by atoms with Gasteiger partial charge >= 0.3 is 0 Å². The summed E-state index contributed by atoms with van der Waals surface area (Å²) in [5.74, 6) is 2.45. The summed E-state index contributed by atoms with van der Waals surface area (Å²) in [6, 6.07) is 8.76. The third kappa shape index (κ3) is 3.24. The van der Waals surface area contributed by atoms with E-state index >= 15 is 0 Å². The summed E-state index contributed by atoms with van der Waals surface area (Å²) in [7, 11) is 3.13. The van der Waals surface area contributed by atoms with Crippen molar-refractivity contribution in [2.24, 2.45) is 0 Å². The minimum absolute atomic E-state index is 0.486. The zero-order chi connectivity index (χ0) is 14.7. The average Bonchev–Trinajstić information content (AvgIpc) is 2.44. The van der Waals surface area contributed by atoms with Gasteiger partial charge in [0.2, 0.25) is 0 Å². The molecule has 2 aromatic rings. The quantitative estimate of drug-likeness (QED) is 0.614. The third-order valence-corrected chi connectivity index (χ3v) is 4.64. The van der Waals surface area contributed by atoms with E-state index in [2.05, 4.69) is 22.6 Å². The van der Waals surface area contributed by atoms with Crippen LogP contribution in [0.3, 0.4) is 0 Å². The van der Waals surface area contributed by atoms with E-state index in [9.17, 15) is 0 Å². The maximum atomic E-state index is 6.19. The molecular formula is C14H11Cl2IO3. The smallest absolute Gasteiger partial charge is 0.142 e. The van der Waals surface area contributed by atoms with Gasteiger partial charge in [-0.25, -0.2) is 0 Å². The molecule has 0 bridgehead atoms. The fourth-order valence-electron chi connectivity index (χ4n) is 1.59. The van der Waals surface area contributed by atoms with Gasteiger partial charge in [-0.05, 0) is 46.9 Å². The van der Waals surface area contributed by atoms with Gasteiger partial charge in [0.15, 0.2) is 0 Å². The molecule has 0 amide bonds. The summed E-state index contributed by atoms with van der Waals surface area (Å²) in [6.45, 7) is 0. The van der Waals surface area contributed by atoms with Gasteiger partial charge in [-0.1, -0.05) is 23.2 Å². The first kappa shape index (κ1) is 15.5. The predicted octanol–water partition coefficient (Wildman–Crippen LogP) is 5.41. The largest absolute Gasteiger partial charge is 0.495 e. The molecule has 0 N–H and O–H groups in total. The van der Waals surface area contributed by atoms with Crippen LogP contribution in [0.25, 0.3) is 0 Å². The van der Waals surface area contributed by atoms with E-state index in [0.717, 1.165) is 3.57 Å². The zero-order valence-corrected chi connectivity index (χ0v) is 14.4. The molecule has 0 aliphatic heterocycles. The Morgan fingerprint density at radius 2 is 1.50 bits per heavy atom. The molecular weight excluding hydrogens is 414 g/mol.